The van der Waals surface area contributed by atoms with Crippen molar-refractivity contribution >= 4 is 66.7 Å². The van der Waals surface area contributed by atoms with Crippen LogP contribution >= 0.6 is 34.8 Å². The zero-order valence-corrected chi connectivity index (χ0v) is 29.0. The second-order valence-electron chi connectivity index (χ2n) is 13.2. The Labute approximate surface area is 265 Å². The fourth-order valence-corrected chi connectivity index (χ4v) is 6.21. The third-order valence-electron chi connectivity index (χ3n) is 8.74. The summed E-state index contributed by atoms with van der Waals surface area (Å²) in [5.74, 6) is -1.36. The molecule has 2 aliphatic heterocycles. The number of amides is 2. The monoisotopic (exact) mass is 660 g/mol. The Morgan fingerprint density at radius 1 is 1.02 bits per heavy atom. The van der Waals surface area contributed by atoms with Gasteiger partial charge in [-0.05, 0) is 67.9 Å². The summed E-state index contributed by atoms with van der Waals surface area (Å²) in [6.45, 7) is 16.5. The Morgan fingerprint density at radius 3 is 2.12 bits per heavy atom. The van der Waals surface area contributed by atoms with Crippen molar-refractivity contribution in [3.63, 3.8) is 0 Å². The average molecular weight is 662 g/mol. The summed E-state index contributed by atoms with van der Waals surface area (Å²) in [7, 11) is -1.80. The molecule has 1 N–H and O–H groups in total. The first-order chi connectivity index (χ1) is 19.2. The van der Waals surface area contributed by atoms with Gasteiger partial charge in [-0.1, -0.05) is 79.8 Å². The Kier molecular flexibility index (Phi) is 10.5. The Hall–Kier alpha value is -1.78. The standard InChI is InChI=1S/C30H43Cl3N2O6Si/c1-19(36)34-17-22-16-23(21-13-11-20(12-14-21)10-9-15-40-42(7,8)28(2,3)4)25(26(37)38)24(18-34)35(22)27(39)41-29(5,6)30(31,32)33/h11-14,22,24H,9-10,15-18H2,1-8H3,(H,37,38). The first-order valence-electron chi connectivity index (χ1n) is 14.2. The number of nitrogens with zero attached hydrogens (tertiary/aromatic N) is 2. The predicted octanol–water partition coefficient (Wildman–Crippen LogP) is 7.07. The van der Waals surface area contributed by atoms with Crippen LogP contribution in [0.1, 0.15) is 65.5 Å². The number of carboxylic acids is 1. The van der Waals surface area contributed by atoms with E-state index in [9.17, 15) is 19.5 Å². The van der Waals surface area contributed by atoms with E-state index >= 15 is 0 Å². The zero-order valence-electron chi connectivity index (χ0n) is 25.7. The molecule has 2 atom stereocenters. The summed E-state index contributed by atoms with van der Waals surface area (Å²) >= 11 is 18.1. The van der Waals surface area contributed by atoms with E-state index in [0.717, 1.165) is 24.0 Å². The molecule has 2 bridgehead atoms. The number of hydrogen-bond acceptors (Lipinski definition) is 5. The van der Waals surface area contributed by atoms with Gasteiger partial charge in [0.1, 0.15) is 0 Å². The van der Waals surface area contributed by atoms with Crippen molar-refractivity contribution in [1.82, 2.24) is 9.80 Å². The number of carbonyl (C=O) groups is 3. The van der Waals surface area contributed by atoms with E-state index in [2.05, 4.69) is 33.9 Å². The molecule has 1 aromatic rings. The van der Waals surface area contributed by atoms with E-state index in [1.54, 1.807) is 4.90 Å². The number of carbonyl (C=O) groups excluding carboxylic acids is 2. The lowest BCUT2D eigenvalue weighted by Gasteiger charge is -2.50. The summed E-state index contributed by atoms with van der Waals surface area (Å²) in [5, 5.41) is 10.5. The highest BCUT2D eigenvalue weighted by molar-refractivity contribution is 6.74. The number of rotatable bonds is 8. The molecule has 1 aromatic carbocycles. The van der Waals surface area contributed by atoms with Gasteiger partial charge < -0.3 is 19.2 Å². The number of aliphatic carboxylic acids is 1. The Bertz CT molecular complexity index is 1220. The van der Waals surface area contributed by atoms with Crippen LogP contribution in [0.15, 0.2) is 29.8 Å². The number of piperazine rings is 1. The molecule has 0 radical (unpaired) electrons. The van der Waals surface area contributed by atoms with Gasteiger partial charge in [0.05, 0.1) is 17.7 Å². The Morgan fingerprint density at radius 2 is 1.62 bits per heavy atom. The number of fused-ring (bicyclic) bond motifs is 2. The van der Waals surface area contributed by atoms with Crippen molar-refractivity contribution in [2.75, 3.05) is 19.7 Å². The van der Waals surface area contributed by atoms with Crippen molar-refractivity contribution in [2.45, 2.75) is 100 Å². The normalized spacial score (nSPS) is 20.1. The third kappa shape index (κ3) is 7.64. The molecule has 0 saturated carbocycles. The summed E-state index contributed by atoms with van der Waals surface area (Å²) in [6, 6.07) is 6.43. The number of hydrogen-bond donors (Lipinski definition) is 1. The maximum atomic E-state index is 13.4. The fraction of sp³-hybridized carbons (Fsp3) is 0.633. The van der Waals surface area contributed by atoms with Crippen LogP contribution in [0.5, 0.6) is 0 Å². The number of halogens is 3. The summed E-state index contributed by atoms with van der Waals surface area (Å²) in [6.07, 6.45) is 1.17. The van der Waals surface area contributed by atoms with Gasteiger partial charge in [-0.2, -0.15) is 0 Å². The van der Waals surface area contributed by atoms with E-state index in [4.69, 9.17) is 44.0 Å². The molecule has 234 valence electrons. The molecule has 2 aliphatic rings. The maximum Gasteiger partial charge on any atom is 0.411 e. The topological polar surface area (TPSA) is 96.4 Å². The van der Waals surface area contributed by atoms with Crippen LogP contribution in [0.3, 0.4) is 0 Å². The van der Waals surface area contributed by atoms with E-state index in [1.165, 1.54) is 25.7 Å². The minimum Gasteiger partial charge on any atom is -0.478 e. The molecular formula is C30H43Cl3N2O6Si. The fourth-order valence-electron chi connectivity index (χ4n) is 5.01. The maximum absolute atomic E-state index is 13.4. The van der Waals surface area contributed by atoms with Crippen molar-refractivity contribution in [1.29, 1.82) is 0 Å². The van der Waals surface area contributed by atoms with Crippen molar-refractivity contribution in [3.05, 3.63) is 41.0 Å². The van der Waals surface area contributed by atoms with Gasteiger partial charge in [0, 0.05) is 26.6 Å². The first kappa shape index (κ1) is 34.7. The largest absolute Gasteiger partial charge is 0.478 e. The summed E-state index contributed by atoms with van der Waals surface area (Å²) in [4.78, 5) is 41.4. The van der Waals surface area contributed by atoms with Crippen LogP contribution < -0.4 is 0 Å². The average Bonchev–Trinajstić information content (AvgIpc) is 2.84. The van der Waals surface area contributed by atoms with Gasteiger partial charge in [0.2, 0.25) is 9.70 Å². The minimum atomic E-state index is -1.91. The number of alkyl halides is 3. The third-order valence-corrected chi connectivity index (χ3v) is 14.6. The van der Waals surface area contributed by atoms with Crippen LogP contribution in [-0.4, -0.2) is 82.4 Å². The molecule has 12 heteroatoms. The molecule has 1 fully saturated rings. The highest BCUT2D eigenvalue weighted by Crippen LogP contribution is 2.43. The lowest BCUT2D eigenvalue weighted by Crippen LogP contribution is -2.65. The molecule has 0 aliphatic carbocycles. The van der Waals surface area contributed by atoms with Crippen LogP contribution in [0.2, 0.25) is 18.1 Å². The molecule has 1 saturated heterocycles. The van der Waals surface area contributed by atoms with Gasteiger partial charge in [-0.3, -0.25) is 9.69 Å². The number of benzene rings is 1. The molecular weight excluding hydrogens is 619 g/mol. The number of ether oxygens (including phenoxy) is 1. The second-order valence-corrected chi connectivity index (χ2v) is 20.3. The van der Waals surface area contributed by atoms with Crippen molar-refractivity contribution in [2.24, 2.45) is 0 Å². The van der Waals surface area contributed by atoms with Gasteiger partial charge in [0.15, 0.2) is 13.9 Å². The molecule has 0 aromatic heterocycles. The Balaban J connectivity index is 1.86. The highest BCUT2D eigenvalue weighted by atomic mass is 35.6. The minimum absolute atomic E-state index is 0.0204. The summed E-state index contributed by atoms with van der Waals surface area (Å²) in [5.41, 5.74) is 1.11. The van der Waals surface area contributed by atoms with E-state index in [0.29, 0.717) is 12.2 Å². The first-order valence-corrected chi connectivity index (χ1v) is 18.2. The zero-order chi connectivity index (χ0) is 31.8. The smallest absolute Gasteiger partial charge is 0.411 e. The van der Waals surface area contributed by atoms with Crippen LogP contribution in [0.4, 0.5) is 4.79 Å². The van der Waals surface area contributed by atoms with Crippen LogP contribution in [-0.2, 0) is 25.2 Å². The van der Waals surface area contributed by atoms with Crippen LogP contribution in [0, 0.1) is 0 Å². The van der Waals surface area contributed by atoms with Gasteiger partial charge in [-0.25, -0.2) is 9.59 Å². The van der Waals surface area contributed by atoms with Crippen molar-refractivity contribution in [3.8, 4) is 0 Å². The lowest BCUT2D eigenvalue weighted by atomic mass is 9.81. The molecule has 8 nitrogen and oxygen atoms in total. The van der Waals surface area contributed by atoms with Gasteiger partial charge in [-0.15, -0.1) is 0 Å². The van der Waals surface area contributed by atoms with Crippen LogP contribution in [0.25, 0.3) is 5.57 Å². The molecule has 2 heterocycles. The molecule has 2 amide bonds. The summed E-state index contributed by atoms with van der Waals surface area (Å²) < 4.78 is 10.00. The number of aryl methyl sites for hydroxylation is 1. The molecule has 3 rings (SSSR count). The van der Waals surface area contributed by atoms with Gasteiger partial charge in [0.25, 0.3) is 0 Å². The quantitative estimate of drug-likeness (QED) is 0.182. The van der Waals surface area contributed by atoms with Gasteiger partial charge >= 0.3 is 12.1 Å². The van der Waals surface area contributed by atoms with E-state index < -0.39 is 41.9 Å². The molecule has 42 heavy (non-hydrogen) atoms. The number of carboxylic acid groups (broad SMARTS) is 1. The lowest BCUT2D eigenvalue weighted by molar-refractivity contribution is -0.137. The second kappa shape index (κ2) is 12.7. The van der Waals surface area contributed by atoms with Crippen molar-refractivity contribution < 1.29 is 28.7 Å². The van der Waals surface area contributed by atoms with E-state index in [-0.39, 0.29) is 36.0 Å². The highest BCUT2D eigenvalue weighted by Gasteiger charge is 2.51. The molecule has 2 unspecified atom stereocenters. The molecule has 0 spiro atoms. The predicted molar refractivity (Wildman–Crippen MR) is 170 cm³/mol. The SMILES string of the molecule is CC(=O)N1CC2CC(c3ccc(CCCO[Si](C)(C)C(C)(C)C)cc3)=C(C(=O)O)C(C1)N2C(=O)OC(C)(C)C(Cl)(Cl)Cl. The van der Waals surface area contributed by atoms with E-state index in [1.807, 2.05) is 24.3 Å².